The lowest BCUT2D eigenvalue weighted by atomic mass is 9.51. The number of rotatable bonds is 21. The Hall–Kier alpha value is -1.91. The summed E-state index contributed by atoms with van der Waals surface area (Å²) in [6.07, 6.45) is 21.4. The van der Waals surface area contributed by atoms with E-state index < -0.39 is 17.1 Å². The van der Waals surface area contributed by atoms with Crippen LogP contribution in [0.3, 0.4) is 0 Å². The molecule has 0 aromatic rings. The van der Waals surface area contributed by atoms with Crippen LogP contribution in [0.1, 0.15) is 110 Å². The molecule has 0 amide bonds. The number of aliphatic hydroxyl groups excluding tert-OH is 3. The Morgan fingerprint density at radius 3 is 2.56 bits per heavy atom. The predicted molar refractivity (Wildman–Crippen MR) is 204 cm³/mol. The van der Waals surface area contributed by atoms with E-state index in [0.29, 0.717) is 63.1 Å². The SMILES string of the molecule is C=C(/C=C/C=C(/CO)[C@@H]1CC[C@]2([C@@H]1O)[C@@H](CCCO)/C(=C(/C)C=O)CC[C@]2(O)CCNC)CC/C=C(\C)CN[C@H](CCOC)C1CCCCC1. The molecule has 3 fully saturated rings. The molecular formula is C42H70N2O6. The molecule has 6 atom stereocenters. The third-order valence-corrected chi connectivity index (χ3v) is 12.4. The van der Waals surface area contributed by atoms with Crippen molar-refractivity contribution in [3.8, 4) is 0 Å². The first-order valence-electron chi connectivity index (χ1n) is 19.5. The molecule has 0 aliphatic heterocycles. The summed E-state index contributed by atoms with van der Waals surface area (Å²) in [5, 5.41) is 51.9. The zero-order chi connectivity index (χ0) is 36.6. The van der Waals surface area contributed by atoms with Crippen LogP contribution in [0.25, 0.3) is 0 Å². The van der Waals surface area contributed by atoms with E-state index in [0.717, 1.165) is 61.3 Å². The number of carbonyl (C=O) groups excluding carboxylic acids is 1. The zero-order valence-corrected chi connectivity index (χ0v) is 31.7. The number of allylic oxidation sites excluding steroid dienone is 7. The van der Waals surface area contributed by atoms with Gasteiger partial charge in [0, 0.05) is 44.2 Å². The van der Waals surface area contributed by atoms with Gasteiger partial charge in [-0.1, -0.05) is 66.9 Å². The van der Waals surface area contributed by atoms with Crippen molar-refractivity contribution < 1.29 is 30.0 Å². The quantitative estimate of drug-likeness (QED) is 0.0366. The average molecular weight is 699 g/mol. The van der Waals surface area contributed by atoms with Gasteiger partial charge >= 0.3 is 0 Å². The summed E-state index contributed by atoms with van der Waals surface area (Å²) in [5.74, 6) is 0.178. The Morgan fingerprint density at radius 1 is 1.14 bits per heavy atom. The van der Waals surface area contributed by atoms with Crippen LogP contribution in [-0.4, -0.2) is 91.5 Å². The van der Waals surface area contributed by atoms with Gasteiger partial charge in [0.2, 0.25) is 0 Å². The third-order valence-electron chi connectivity index (χ3n) is 12.4. The summed E-state index contributed by atoms with van der Waals surface area (Å²) < 4.78 is 5.40. The first-order chi connectivity index (χ1) is 24.1. The van der Waals surface area contributed by atoms with Crippen molar-refractivity contribution >= 4 is 6.29 Å². The van der Waals surface area contributed by atoms with E-state index in [4.69, 9.17) is 4.74 Å². The molecule has 8 nitrogen and oxygen atoms in total. The number of carbonyl (C=O) groups is 1. The van der Waals surface area contributed by atoms with Gasteiger partial charge in [0.1, 0.15) is 6.29 Å². The van der Waals surface area contributed by atoms with Crippen molar-refractivity contribution in [3.05, 3.63) is 58.7 Å². The minimum atomic E-state index is -1.15. The van der Waals surface area contributed by atoms with Crippen molar-refractivity contribution in [3.63, 3.8) is 0 Å². The van der Waals surface area contributed by atoms with E-state index in [1.165, 1.54) is 37.7 Å². The minimum absolute atomic E-state index is 0.00690. The highest BCUT2D eigenvalue weighted by Crippen LogP contribution is 2.63. The Balaban J connectivity index is 1.68. The van der Waals surface area contributed by atoms with Crippen LogP contribution in [0.2, 0.25) is 0 Å². The van der Waals surface area contributed by atoms with Gasteiger partial charge in [-0.3, -0.25) is 4.79 Å². The molecule has 0 bridgehead atoms. The Labute approximate surface area is 303 Å². The molecule has 8 heteroatoms. The topological polar surface area (TPSA) is 131 Å². The first kappa shape index (κ1) is 42.5. The molecule has 0 aromatic carbocycles. The number of methoxy groups -OCH3 is 1. The number of hydrogen-bond acceptors (Lipinski definition) is 8. The highest BCUT2D eigenvalue weighted by atomic mass is 16.5. The van der Waals surface area contributed by atoms with E-state index in [2.05, 4.69) is 30.2 Å². The molecular weight excluding hydrogens is 628 g/mol. The zero-order valence-electron chi connectivity index (χ0n) is 31.7. The maximum atomic E-state index is 12.4. The fourth-order valence-corrected chi connectivity index (χ4v) is 9.52. The van der Waals surface area contributed by atoms with Crippen molar-refractivity contribution in [2.45, 2.75) is 128 Å². The number of ether oxygens (including phenoxy) is 1. The van der Waals surface area contributed by atoms with E-state index >= 15 is 0 Å². The summed E-state index contributed by atoms with van der Waals surface area (Å²) in [4.78, 5) is 12.0. The molecule has 0 heterocycles. The second-order valence-electron chi connectivity index (χ2n) is 15.4. The monoisotopic (exact) mass is 699 g/mol. The van der Waals surface area contributed by atoms with E-state index in [-0.39, 0.29) is 25.0 Å². The standard InChI is InChI=1S/C42H70N2O6/c1-31(12-9-14-32(2)28-44-39(21-27-50-5)34-15-7-6-8-16-34)13-10-17-35(30-47)37-20-23-42(40(37)48)38(18-11-26-45)36(33(3)29-46)19-22-41(42,49)24-25-43-4/h10,13-14,17,29,34,37-40,43-45,47-49H,1,6-9,11-12,15-16,18-28,30H2,2-5H3/b13-10+,32-14+,35-17-,36-33-/t37-,38-,39+,40+,41-,42+/m0/s1. The van der Waals surface area contributed by atoms with Gasteiger partial charge in [-0.05, 0) is 127 Å². The van der Waals surface area contributed by atoms with Crippen LogP contribution in [-0.2, 0) is 9.53 Å². The molecule has 6 N–H and O–H groups in total. The van der Waals surface area contributed by atoms with Crippen LogP contribution in [0.15, 0.2) is 58.7 Å². The summed E-state index contributed by atoms with van der Waals surface area (Å²) in [6, 6.07) is 0.503. The van der Waals surface area contributed by atoms with Crippen molar-refractivity contribution in [2.24, 2.45) is 23.2 Å². The fourth-order valence-electron chi connectivity index (χ4n) is 9.52. The summed E-state index contributed by atoms with van der Waals surface area (Å²) in [6.45, 7) is 10.4. The van der Waals surface area contributed by atoms with E-state index in [1.807, 2.05) is 32.2 Å². The normalized spacial score (nSPS) is 30.0. The van der Waals surface area contributed by atoms with Gasteiger partial charge in [0.15, 0.2) is 0 Å². The molecule has 1 spiro atoms. The molecule has 0 aromatic heterocycles. The van der Waals surface area contributed by atoms with Crippen molar-refractivity contribution in [1.82, 2.24) is 10.6 Å². The first-order valence-corrected chi connectivity index (χ1v) is 19.5. The van der Waals surface area contributed by atoms with Gasteiger partial charge in [-0.15, -0.1) is 0 Å². The molecule has 50 heavy (non-hydrogen) atoms. The lowest BCUT2D eigenvalue weighted by molar-refractivity contribution is -0.180. The number of nitrogens with one attached hydrogen (secondary N) is 2. The van der Waals surface area contributed by atoms with Crippen LogP contribution >= 0.6 is 0 Å². The molecule has 3 rings (SSSR count). The minimum Gasteiger partial charge on any atom is -0.396 e. The smallest absolute Gasteiger partial charge is 0.145 e. The van der Waals surface area contributed by atoms with Crippen LogP contribution in [0.4, 0.5) is 0 Å². The van der Waals surface area contributed by atoms with Crippen LogP contribution < -0.4 is 10.6 Å². The van der Waals surface area contributed by atoms with Crippen molar-refractivity contribution in [2.75, 3.05) is 47.1 Å². The second-order valence-corrected chi connectivity index (χ2v) is 15.4. The predicted octanol–water partition coefficient (Wildman–Crippen LogP) is 6.11. The molecule has 3 aliphatic rings. The molecule has 0 saturated heterocycles. The van der Waals surface area contributed by atoms with Gasteiger partial charge in [-0.25, -0.2) is 0 Å². The lowest BCUT2D eigenvalue weighted by Gasteiger charge is -2.57. The maximum Gasteiger partial charge on any atom is 0.145 e. The Morgan fingerprint density at radius 2 is 1.90 bits per heavy atom. The summed E-state index contributed by atoms with van der Waals surface area (Å²) >= 11 is 0. The van der Waals surface area contributed by atoms with Gasteiger partial charge in [0.05, 0.1) is 18.3 Å². The number of aldehydes is 1. The van der Waals surface area contributed by atoms with Crippen LogP contribution in [0.5, 0.6) is 0 Å². The largest absolute Gasteiger partial charge is 0.396 e. The van der Waals surface area contributed by atoms with Gasteiger partial charge in [-0.2, -0.15) is 0 Å². The number of hydrogen-bond donors (Lipinski definition) is 6. The van der Waals surface area contributed by atoms with E-state index in [9.17, 15) is 25.2 Å². The van der Waals surface area contributed by atoms with Crippen molar-refractivity contribution in [1.29, 1.82) is 0 Å². The average Bonchev–Trinajstić information content (AvgIpc) is 3.47. The lowest BCUT2D eigenvalue weighted by Crippen LogP contribution is -2.61. The van der Waals surface area contributed by atoms with Gasteiger partial charge in [0.25, 0.3) is 0 Å². The molecule has 284 valence electrons. The fraction of sp³-hybridized carbons (Fsp3) is 0.738. The Kier molecular flexibility index (Phi) is 18.3. The maximum absolute atomic E-state index is 12.4. The summed E-state index contributed by atoms with van der Waals surface area (Å²) in [5.41, 5.74) is 2.68. The molecule has 0 radical (unpaired) electrons. The highest BCUT2D eigenvalue weighted by molar-refractivity contribution is 5.74. The van der Waals surface area contributed by atoms with Gasteiger partial charge < -0.3 is 35.8 Å². The summed E-state index contributed by atoms with van der Waals surface area (Å²) in [7, 11) is 3.64. The van der Waals surface area contributed by atoms with E-state index in [1.54, 1.807) is 7.11 Å². The molecule has 3 saturated carbocycles. The number of aliphatic hydroxyl groups is 4. The third kappa shape index (κ3) is 10.8. The van der Waals surface area contributed by atoms with Crippen LogP contribution in [0, 0.1) is 23.2 Å². The highest BCUT2D eigenvalue weighted by Gasteiger charge is 2.65. The second kappa shape index (κ2) is 21.6. The molecule has 3 aliphatic carbocycles. The molecule has 0 unspecified atom stereocenters. The Bertz CT molecular complexity index is 1190.